The number of hydrogen-bond acceptors (Lipinski definition) is 4. The van der Waals surface area contributed by atoms with Crippen molar-refractivity contribution in [3.05, 3.63) is 82.8 Å². The molecule has 4 rings (SSSR count). The Labute approximate surface area is 197 Å². The third kappa shape index (κ3) is 4.93. The fourth-order valence-corrected chi connectivity index (χ4v) is 5.09. The Morgan fingerprint density at radius 1 is 1.12 bits per heavy atom. The molecule has 0 unspecified atom stereocenters. The Kier molecular flexibility index (Phi) is 6.79. The van der Waals surface area contributed by atoms with Crippen molar-refractivity contribution in [3.8, 4) is 0 Å². The van der Waals surface area contributed by atoms with Gasteiger partial charge >= 0.3 is 0 Å². The lowest BCUT2D eigenvalue weighted by molar-refractivity contribution is -0.119. The van der Waals surface area contributed by atoms with E-state index in [0.29, 0.717) is 23.0 Å². The summed E-state index contributed by atoms with van der Waals surface area (Å²) in [6.07, 6.45) is 2.30. The van der Waals surface area contributed by atoms with Gasteiger partial charge in [-0.05, 0) is 68.1 Å². The number of fused-ring (bicyclic) bond motifs is 1. The largest absolute Gasteiger partial charge is 0.324 e. The number of anilines is 1. The number of imidazole rings is 1. The smallest absolute Gasteiger partial charge is 0.247 e. The maximum Gasteiger partial charge on any atom is 0.247 e. The molecule has 0 aliphatic rings. The summed E-state index contributed by atoms with van der Waals surface area (Å²) in [5, 5.41) is 3.87. The molecule has 0 radical (unpaired) electrons. The van der Waals surface area contributed by atoms with Crippen molar-refractivity contribution < 1.29 is 9.18 Å². The summed E-state index contributed by atoms with van der Waals surface area (Å²) < 4.78 is 15.2. The first-order chi connectivity index (χ1) is 15.9. The van der Waals surface area contributed by atoms with E-state index in [-0.39, 0.29) is 11.7 Å². The molecule has 5 nitrogen and oxygen atoms in total. The number of thioether (sulfide) groups is 1. The van der Waals surface area contributed by atoms with E-state index in [1.165, 1.54) is 29.5 Å². The maximum atomic E-state index is 13.5. The molecule has 0 spiro atoms. The van der Waals surface area contributed by atoms with Gasteiger partial charge in [-0.3, -0.25) is 9.36 Å². The fourth-order valence-electron chi connectivity index (χ4n) is 4.09. The molecule has 0 bridgehead atoms. The summed E-state index contributed by atoms with van der Waals surface area (Å²) in [4.78, 5) is 22.8. The van der Waals surface area contributed by atoms with Crippen LogP contribution in [0, 0.1) is 26.6 Å². The van der Waals surface area contributed by atoms with Crippen LogP contribution >= 0.6 is 11.8 Å². The van der Waals surface area contributed by atoms with E-state index in [2.05, 4.69) is 22.4 Å². The molecule has 4 aromatic rings. The number of nitrogens with zero attached hydrogens (tertiary/aromatic N) is 3. The van der Waals surface area contributed by atoms with E-state index in [1.807, 2.05) is 44.4 Å². The lowest BCUT2D eigenvalue weighted by Crippen LogP contribution is -2.27. The summed E-state index contributed by atoms with van der Waals surface area (Å²) in [7, 11) is 0. The van der Waals surface area contributed by atoms with Crippen LogP contribution < -0.4 is 5.32 Å². The highest BCUT2D eigenvalue weighted by atomic mass is 32.2. The van der Waals surface area contributed by atoms with E-state index in [1.54, 1.807) is 18.3 Å². The van der Waals surface area contributed by atoms with Gasteiger partial charge in [-0.25, -0.2) is 14.4 Å². The molecule has 0 saturated heterocycles. The first kappa shape index (κ1) is 23.0. The van der Waals surface area contributed by atoms with E-state index in [9.17, 15) is 9.18 Å². The van der Waals surface area contributed by atoms with Crippen molar-refractivity contribution >= 4 is 34.5 Å². The topological polar surface area (TPSA) is 59.8 Å². The average Bonchev–Trinajstić information content (AvgIpc) is 3.15. The van der Waals surface area contributed by atoms with Crippen LogP contribution in [0.1, 0.15) is 41.6 Å². The van der Waals surface area contributed by atoms with Gasteiger partial charge in [0.05, 0.1) is 0 Å². The highest BCUT2D eigenvalue weighted by molar-refractivity contribution is 7.98. The quantitative estimate of drug-likeness (QED) is 0.324. The molecule has 0 aliphatic carbocycles. The minimum atomic E-state index is -0.472. The monoisotopic (exact) mass is 462 g/mol. The molecule has 7 heteroatoms. The number of rotatable bonds is 7. The van der Waals surface area contributed by atoms with E-state index in [0.717, 1.165) is 27.9 Å². The molecule has 1 N–H and O–H groups in total. The van der Waals surface area contributed by atoms with Crippen molar-refractivity contribution in [2.24, 2.45) is 0 Å². The molecule has 33 heavy (non-hydrogen) atoms. The van der Waals surface area contributed by atoms with Gasteiger partial charge in [0.25, 0.3) is 0 Å². The van der Waals surface area contributed by atoms with E-state index in [4.69, 9.17) is 4.98 Å². The van der Waals surface area contributed by atoms with Crippen LogP contribution in [0.4, 0.5) is 10.1 Å². The highest BCUT2D eigenvalue weighted by Crippen LogP contribution is 2.32. The van der Waals surface area contributed by atoms with Gasteiger partial charge in [0.1, 0.15) is 17.4 Å². The van der Waals surface area contributed by atoms with Gasteiger partial charge < -0.3 is 5.32 Å². The minimum absolute atomic E-state index is 0.0962. The molecule has 0 aliphatic heterocycles. The number of carbonyl (C=O) groups is 1. The van der Waals surface area contributed by atoms with Crippen LogP contribution in [0.3, 0.4) is 0 Å². The standard InChI is InChI=1S/C26H27FN4OS/c1-5-22(25(32)30-23-17(3)13-16(2)14-18(23)4)31-24-21(7-6-12-28-24)29-26(31)33-15-19-8-10-20(27)11-9-19/h6-14,22H,5,15H2,1-4H3,(H,30,32)/t22-/m1/s1. The van der Waals surface area contributed by atoms with Crippen LogP contribution in [-0.2, 0) is 10.5 Å². The number of carbonyl (C=O) groups excluding carboxylic acids is 1. The summed E-state index contributed by atoms with van der Waals surface area (Å²) in [6.45, 7) is 8.06. The Balaban J connectivity index is 1.68. The highest BCUT2D eigenvalue weighted by Gasteiger charge is 2.26. The normalized spacial score (nSPS) is 12.2. The van der Waals surface area contributed by atoms with Gasteiger partial charge in [0.15, 0.2) is 10.8 Å². The third-order valence-corrected chi connectivity index (χ3v) is 6.65. The van der Waals surface area contributed by atoms with E-state index >= 15 is 0 Å². The lowest BCUT2D eigenvalue weighted by Gasteiger charge is -2.21. The van der Waals surface area contributed by atoms with Gasteiger partial charge in [0.2, 0.25) is 5.91 Å². The molecule has 2 heterocycles. The molecule has 0 fully saturated rings. The van der Waals surface area contributed by atoms with Gasteiger partial charge in [0, 0.05) is 17.6 Å². The Hall–Kier alpha value is -3.19. The molecule has 170 valence electrons. The van der Waals surface area contributed by atoms with Gasteiger partial charge in [-0.15, -0.1) is 0 Å². The Morgan fingerprint density at radius 3 is 2.48 bits per heavy atom. The summed E-state index contributed by atoms with van der Waals surface area (Å²) >= 11 is 1.52. The van der Waals surface area contributed by atoms with Crippen molar-refractivity contribution in [2.75, 3.05) is 5.32 Å². The van der Waals surface area contributed by atoms with E-state index < -0.39 is 6.04 Å². The van der Waals surface area contributed by atoms with Crippen LogP contribution in [0.25, 0.3) is 11.2 Å². The predicted octanol–water partition coefficient (Wildman–Crippen LogP) is 6.38. The molecule has 2 aromatic heterocycles. The lowest BCUT2D eigenvalue weighted by atomic mass is 10.0. The predicted molar refractivity (Wildman–Crippen MR) is 132 cm³/mol. The SMILES string of the molecule is CC[C@H](C(=O)Nc1c(C)cc(C)cc1C)n1c(SCc2ccc(F)cc2)nc2cccnc21. The van der Waals surface area contributed by atoms with Crippen LogP contribution in [-0.4, -0.2) is 20.4 Å². The number of aryl methyl sites for hydroxylation is 3. The first-order valence-corrected chi connectivity index (χ1v) is 11.9. The number of hydrogen-bond donors (Lipinski definition) is 1. The molecular formula is C26H27FN4OS. The number of amides is 1. The summed E-state index contributed by atoms with van der Waals surface area (Å²) in [6, 6.07) is 13.9. The minimum Gasteiger partial charge on any atom is -0.324 e. The van der Waals surface area contributed by atoms with Crippen molar-refractivity contribution in [1.29, 1.82) is 0 Å². The Bertz CT molecular complexity index is 1280. The summed E-state index contributed by atoms with van der Waals surface area (Å²) in [5.74, 6) is 0.253. The van der Waals surface area contributed by atoms with Crippen LogP contribution in [0.2, 0.25) is 0 Å². The van der Waals surface area contributed by atoms with Crippen molar-refractivity contribution in [3.63, 3.8) is 0 Å². The third-order valence-electron chi connectivity index (χ3n) is 5.62. The van der Waals surface area contributed by atoms with Crippen molar-refractivity contribution in [2.45, 2.75) is 51.1 Å². The fraction of sp³-hybridized carbons (Fsp3) is 0.269. The zero-order valence-electron chi connectivity index (χ0n) is 19.2. The average molecular weight is 463 g/mol. The molecular weight excluding hydrogens is 435 g/mol. The van der Waals surface area contributed by atoms with Crippen molar-refractivity contribution in [1.82, 2.24) is 14.5 Å². The molecule has 2 aromatic carbocycles. The first-order valence-electron chi connectivity index (χ1n) is 11.0. The second kappa shape index (κ2) is 9.75. The second-order valence-electron chi connectivity index (χ2n) is 8.21. The van der Waals surface area contributed by atoms with Gasteiger partial charge in [-0.1, -0.05) is 48.5 Å². The number of halogens is 1. The summed E-state index contributed by atoms with van der Waals surface area (Å²) in [5.41, 5.74) is 6.49. The van der Waals surface area contributed by atoms with Crippen LogP contribution in [0.15, 0.2) is 59.9 Å². The Morgan fingerprint density at radius 2 is 1.82 bits per heavy atom. The molecule has 1 atom stereocenters. The maximum absolute atomic E-state index is 13.5. The second-order valence-corrected chi connectivity index (χ2v) is 9.16. The van der Waals surface area contributed by atoms with Gasteiger partial charge in [-0.2, -0.15) is 0 Å². The molecule has 1 amide bonds. The van der Waals surface area contributed by atoms with Crippen LogP contribution in [0.5, 0.6) is 0 Å². The number of benzene rings is 2. The zero-order valence-corrected chi connectivity index (χ0v) is 20.0. The number of aromatic nitrogens is 3. The molecule has 0 saturated carbocycles. The number of nitrogens with one attached hydrogen (secondary N) is 1. The zero-order chi connectivity index (χ0) is 23.5. The number of pyridine rings is 1.